The molecule has 0 heterocycles. The third-order valence-corrected chi connectivity index (χ3v) is 5.33. The molecule has 0 atom stereocenters. The molecular formula is C16H22ClN. The highest BCUT2D eigenvalue weighted by atomic mass is 35.5. The van der Waals surface area contributed by atoms with Crippen LogP contribution in [0.1, 0.15) is 32.1 Å². The van der Waals surface area contributed by atoms with E-state index in [4.69, 9.17) is 0 Å². The van der Waals surface area contributed by atoms with Gasteiger partial charge in [-0.2, -0.15) is 0 Å². The van der Waals surface area contributed by atoms with Crippen LogP contribution in [0.5, 0.6) is 0 Å². The van der Waals surface area contributed by atoms with Crippen molar-refractivity contribution in [1.82, 2.24) is 0 Å². The molecule has 4 bridgehead atoms. The number of benzene rings is 1. The van der Waals surface area contributed by atoms with Gasteiger partial charge in [-0.15, -0.1) is 12.4 Å². The Hall–Kier alpha value is -0.690. The van der Waals surface area contributed by atoms with Crippen LogP contribution in [-0.2, 0) is 0 Å². The number of rotatable bonds is 2. The molecule has 4 aliphatic carbocycles. The first-order chi connectivity index (χ1) is 8.38. The average molecular weight is 264 g/mol. The molecule has 2 heteroatoms. The Morgan fingerprint density at radius 2 is 1.33 bits per heavy atom. The lowest BCUT2D eigenvalue weighted by atomic mass is 9.54. The molecule has 1 aromatic carbocycles. The second-order valence-electron chi connectivity index (χ2n) is 6.47. The van der Waals surface area contributed by atoms with E-state index in [0.29, 0.717) is 0 Å². The van der Waals surface area contributed by atoms with Gasteiger partial charge < -0.3 is 5.32 Å². The molecule has 0 spiro atoms. The standard InChI is InChI=1S/C16H21N.ClH/c1-2-4-15(5-3-1)17-16-13-7-11-6-12(9-13)10-14(16)8-11;/h1-5,11-14,16-17H,6-10H2;1H. The van der Waals surface area contributed by atoms with Gasteiger partial charge in [-0.3, -0.25) is 0 Å². The van der Waals surface area contributed by atoms with Crippen molar-refractivity contribution in [2.24, 2.45) is 23.7 Å². The van der Waals surface area contributed by atoms with E-state index in [-0.39, 0.29) is 12.4 Å². The van der Waals surface area contributed by atoms with Gasteiger partial charge >= 0.3 is 0 Å². The van der Waals surface area contributed by atoms with Gasteiger partial charge in [0.05, 0.1) is 0 Å². The van der Waals surface area contributed by atoms with E-state index in [9.17, 15) is 0 Å². The molecule has 0 aromatic heterocycles. The highest BCUT2D eigenvalue weighted by molar-refractivity contribution is 5.85. The zero-order chi connectivity index (χ0) is 11.2. The number of hydrogen-bond acceptors (Lipinski definition) is 1. The van der Waals surface area contributed by atoms with Crippen molar-refractivity contribution < 1.29 is 0 Å². The van der Waals surface area contributed by atoms with Gasteiger partial charge in [-0.05, 0) is 67.9 Å². The molecule has 4 saturated carbocycles. The summed E-state index contributed by atoms with van der Waals surface area (Å²) in [4.78, 5) is 0. The molecule has 0 aliphatic heterocycles. The number of hydrogen-bond donors (Lipinski definition) is 1. The predicted octanol–water partition coefficient (Wildman–Crippen LogP) is 4.35. The predicted molar refractivity (Wildman–Crippen MR) is 78.1 cm³/mol. The Labute approximate surface area is 116 Å². The van der Waals surface area contributed by atoms with Gasteiger partial charge in [0.25, 0.3) is 0 Å². The number of anilines is 1. The van der Waals surface area contributed by atoms with Crippen LogP contribution in [-0.4, -0.2) is 6.04 Å². The zero-order valence-corrected chi connectivity index (χ0v) is 11.5. The van der Waals surface area contributed by atoms with E-state index < -0.39 is 0 Å². The lowest BCUT2D eigenvalue weighted by molar-refractivity contribution is 0.00754. The summed E-state index contributed by atoms with van der Waals surface area (Å²) in [6.07, 6.45) is 7.54. The molecular weight excluding hydrogens is 242 g/mol. The first-order valence-corrected chi connectivity index (χ1v) is 7.20. The van der Waals surface area contributed by atoms with E-state index in [1.807, 2.05) is 0 Å². The lowest BCUT2D eigenvalue weighted by Gasteiger charge is -2.54. The smallest absolute Gasteiger partial charge is 0.0342 e. The van der Waals surface area contributed by atoms with Crippen molar-refractivity contribution >= 4 is 18.1 Å². The van der Waals surface area contributed by atoms with E-state index >= 15 is 0 Å². The average Bonchev–Trinajstić information content (AvgIpc) is 2.34. The molecule has 1 N–H and O–H groups in total. The van der Waals surface area contributed by atoms with Crippen molar-refractivity contribution in [2.45, 2.75) is 38.1 Å². The normalized spacial score (nSPS) is 40.3. The molecule has 1 aromatic rings. The van der Waals surface area contributed by atoms with Crippen LogP contribution in [0, 0.1) is 23.7 Å². The van der Waals surface area contributed by atoms with Crippen molar-refractivity contribution in [1.29, 1.82) is 0 Å². The summed E-state index contributed by atoms with van der Waals surface area (Å²) in [5.74, 6) is 4.08. The van der Waals surface area contributed by atoms with Gasteiger partial charge in [-0.1, -0.05) is 18.2 Å². The fourth-order valence-corrected chi connectivity index (χ4v) is 4.89. The molecule has 4 fully saturated rings. The summed E-state index contributed by atoms with van der Waals surface area (Å²) >= 11 is 0. The maximum atomic E-state index is 3.82. The summed E-state index contributed by atoms with van der Waals surface area (Å²) in [5, 5.41) is 3.82. The third-order valence-electron chi connectivity index (χ3n) is 5.33. The van der Waals surface area contributed by atoms with Crippen molar-refractivity contribution in [3.63, 3.8) is 0 Å². The lowest BCUT2D eigenvalue weighted by Crippen LogP contribution is -2.51. The Kier molecular flexibility index (Phi) is 3.27. The van der Waals surface area contributed by atoms with Gasteiger partial charge in [0.15, 0.2) is 0 Å². The largest absolute Gasteiger partial charge is 0.382 e. The van der Waals surface area contributed by atoms with Gasteiger partial charge in [-0.25, -0.2) is 0 Å². The van der Waals surface area contributed by atoms with Crippen LogP contribution in [0.25, 0.3) is 0 Å². The fraction of sp³-hybridized carbons (Fsp3) is 0.625. The van der Waals surface area contributed by atoms with Crippen LogP contribution in [0.2, 0.25) is 0 Å². The topological polar surface area (TPSA) is 12.0 Å². The molecule has 0 unspecified atom stereocenters. The minimum atomic E-state index is 0. The van der Waals surface area contributed by atoms with Crippen molar-refractivity contribution in [2.75, 3.05) is 5.32 Å². The van der Waals surface area contributed by atoms with Crippen LogP contribution in [0.4, 0.5) is 5.69 Å². The molecule has 0 radical (unpaired) electrons. The van der Waals surface area contributed by atoms with Crippen LogP contribution in [0.15, 0.2) is 30.3 Å². The van der Waals surface area contributed by atoms with Crippen LogP contribution >= 0.6 is 12.4 Å². The third kappa shape index (κ3) is 2.03. The second-order valence-corrected chi connectivity index (χ2v) is 6.47. The molecule has 0 saturated heterocycles. The first-order valence-electron chi connectivity index (χ1n) is 7.20. The summed E-state index contributed by atoms with van der Waals surface area (Å²) in [5.41, 5.74) is 1.32. The Bertz CT molecular complexity index is 375. The Morgan fingerprint density at radius 3 is 1.89 bits per heavy atom. The fourth-order valence-electron chi connectivity index (χ4n) is 4.89. The van der Waals surface area contributed by atoms with E-state index in [0.717, 1.165) is 29.7 Å². The zero-order valence-electron chi connectivity index (χ0n) is 10.7. The van der Waals surface area contributed by atoms with E-state index in [1.165, 1.54) is 31.4 Å². The van der Waals surface area contributed by atoms with Gasteiger partial charge in [0, 0.05) is 11.7 Å². The summed E-state index contributed by atoms with van der Waals surface area (Å²) in [6, 6.07) is 11.6. The Balaban J connectivity index is 0.000001000. The van der Waals surface area contributed by atoms with E-state index in [1.54, 1.807) is 6.42 Å². The first kappa shape index (κ1) is 12.3. The number of halogens is 1. The number of nitrogens with one attached hydrogen (secondary N) is 1. The maximum Gasteiger partial charge on any atom is 0.0342 e. The second kappa shape index (κ2) is 4.77. The molecule has 18 heavy (non-hydrogen) atoms. The highest BCUT2D eigenvalue weighted by Crippen LogP contribution is 2.54. The molecule has 98 valence electrons. The van der Waals surface area contributed by atoms with Crippen LogP contribution < -0.4 is 5.32 Å². The SMILES string of the molecule is Cl.c1ccc(NC2C3CC4CC(C3)CC2C4)cc1. The molecule has 5 rings (SSSR count). The number of para-hydroxylation sites is 1. The Morgan fingerprint density at radius 1 is 0.778 bits per heavy atom. The quantitative estimate of drug-likeness (QED) is 0.837. The van der Waals surface area contributed by atoms with Crippen molar-refractivity contribution in [3.8, 4) is 0 Å². The minimum Gasteiger partial charge on any atom is -0.382 e. The summed E-state index contributed by atoms with van der Waals surface area (Å²) in [7, 11) is 0. The molecule has 0 amide bonds. The van der Waals surface area contributed by atoms with Gasteiger partial charge in [0.2, 0.25) is 0 Å². The van der Waals surface area contributed by atoms with Crippen LogP contribution in [0.3, 0.4) is 0 Å². The minimum absolute atomic E-state index is 0. The molecule has 4 aliphatic rings. The molecule has 1 nitrogen and oxygen atoms in total. The maximum absolute atomic E-state index is 3.82. The highest BCUT2D eigenvalue weighted by Gasteiger charge is 2.48. The monoisotopic (exact) mass is 263 g/mol. The summed E-state index contributed by atoms with van der Waals surface area (Å²) in [6.45, 7) is 0. The summed E-state index contributed by atoms with van der Waals surface area (Å²) < 4.78 is 0. The van der Waals surface area contributed by atoms with E-state index in [2.05, 4.69) is 35.6 Å². The van der Waals surface area contributed by atoms with Gasteiger partial charge in [0.1, 0.15) is 0 Å². The van der Waals surface area contributed by atoms with Crippen molar-refractivity contribution in [3.05, 3.63) is 30.3 Å².